The van der Waals surface area contributed by atoms with E-state index >= 15 is 0 Å². The van der Waals surface area contributed by atoms with Crippen molar-refractivity contribution in [1.29, 1.82) is 0 Å². The van der Waals surface area contributed by atoms with Gasteiger partial charge in [-0.1, -0.05) is 18.2 Å². The van der Waals surface area contributed by atoms with E-state index in [9.17, 15) is 0 Å². The van der Waals surface area contributed by atoms with E-state index in [-0.39, 0.29) is 39.5 Å². The van der Waals surface area contributed by atoms with Crippen molar-refractivity contribution in [2.45, 2.75) is 32.7 Å². The van der Waals surface area contributed by atoms with Crippen LogP contribution in [-0.4, -0.2) is 17.9 Å². The molecule has 3 N–H and O–H groups in total. The zero-order valence-electron chi connectivity index (χ0n) is 13.7. The molecule has 0 unspecified atom stereocenters. The second kappa shape index (κ2) is 10.2. The van der Waals surface area contributed by atoms with Crippen LogP contribution < -0.4 is 11.1 Å². The molecule has 2 rings (SSSR count). The van der Waals surface area contributed by atoms with Crippen molar-refractivity contribution in [3.8, 4) is 0 Å². The third-order valence-corrected chi connectivity index (χ3v) is 3.92. The lowest BCUT2D eigenvalue weighted by atomic mass is 10.1. The average Bonchev–Trinajstić information content (AvgIpc) is 2.93. The van der Waals surface area contributed by atoms with Gasteiger partial charge in [0.2, 0.25) is 0 Å². The average molecular weight is 463 g/mol. The summed E-state index contributed by atoms with van der Waals surface area (Å²) in [7, 11) is 0. The molecule has 0 amide bonds. The summed E-state index contributed by atoms with van der Waals surface area (Å²) in [4.78, 5) is 5.46. The molecule has 0 spiro atoms. The number of hydrogen-bond donors (Lipinski definition) is 2. The maximum Gasteiger partial charge on any atom is 0.141 e. The standard InChI is InChI=1S/C17H23N3S.2BrH/c1-17(2,3)19-11-10-13-6-8-14(9-7-13)20-16(18)15-5-4-12-21-15;;/h4-9,12,19H,10-11H2,1-3H3,(H2,18,20);2*1H. The van der Waals surface area contributed by atoms with Gasteiger partial charge in [-0.2, -0.15) is 0 Å². The molecule has 1 aromatic carbocycles. The number of halogens is 2. The highest BCUT2D eigenvalue weighted by Crippen LogP contribution is 2.16. The molecule has 0 radical (unpaired) electrons. The van der Waals surface area contributed by atoms with Gasteiger partial charge in [0.1, 0.15) is 5.84 Å². The van der Waals surface area contributed by atoms with E-state index in [0.717, 1.165) is 23.5 Å². The number of nitrogens with two attached hydrogens (primary N) is 1. The molecule has 0 fully saturated rings. The minimum absolute atomic E-state index is 0. The summed E-state index contributed by atoms with van der Waals surface area (Å²) in [5, 5.41) is 5.49. The molecule has 6 heteroatoms. The fourth-order valence-electron chi connectivity index (χ4n) is 1.94. The van der Waals surface area contributed by atoms with Crippen molar-refractivity contribution < 1.29 is 0 Å². The van der Waals surface area contributed by atoms with Crippen LogP contribution in [0.3, 0.4) is 0 Å². The number of hydrogen-bond acceptors (Lipinski definition) is 3. The third kappa shape index (κ3) is 8.11. The number of amidine groups is 1. The minimum atomic E-state index is 0. The van der Waals surface area contributed by atoms with Gasteiger partial charge in [-0.05, 0) is 62.9 Å². The molecule has 1 aromatic heterocycles. The zero-order chi connectivity index (χ0) is 15.3. The van der Waals surface area contributed by atoms with E-state index in [2.05, 4.69) is 43.2 Å². The normalized spacial score (nSPS) is 11.5. The Morgan fingerprint density at radius 2 is 1.78 bits per heavy atom. The first-order valence-corrected chi connectivity index (χ1v) is 8.04. The quantitative estimate of drug-likeness (QED) is 0.491. The van der Waals surface area contributed by atoms with Crippen LogP contribution in [0.1, 0.15) is 31.2 Å². The topological polar surface area (TPSA) is 50.4 Å². The summed E-state index contributed by atoms with van der Waals surface area (Å²) in [6.45, 7) is 7.51. The van der Waals surface area contributed by atoms with Crippen LogP contribution in [0.4, 0.5) is 5.69 Å². The lowest BCUT2D eigenvalue weighted by Gasteiger charge is -2.20. The van der Waals surface area contributed by atoms with Gasteiger partial charge in [-0.3, -0.25) is 0 Å². The molecule has 2 aromatic rings. The van der Waals surface area contributed by atoms with Gasteiger partial charge in [0.25, 0.3) is 0 Å². The smallest absolute Gasteiger partial charge is 0.141 e. The van der Waals surface area contributed by atoms with Crippen LogP contribution in [0, 0.1) is 0 Å². The first-order chi connectivity index (χ1) is 9.94. The van der Waals surface area contributed by atoms with Gasteiger partial charge in [-0.15, -0.1) is 45.3 Å². The highest BCUT2D eigenvalue weighted by Gasteiger charge is 2.07. The highest BCUT2D eigenvalue weighted by molar-refractivity contribution is 8.93. The Morgan fingerprint density at radius 3 is 2.30 bits per heavy atom. The Hall–Kier alpha value is -0.690. The van der Waals surface area contributed by atoms with Gasteiger partial charge in [-0.25, -0.2) is 4.99 Å². The number of thiophene rings is 1. The summed E-state index contributed by atoms with van der Waals surface area (Å²) >= 11 is 1.60. The SMILES string of the molecule is Br.Br.CC(C)(C)NCCc1ccc(N=C(N)c2cccs2)cc1. The van der Waals surface area contributed by atoms with E-state index in [1.165, 1.54) is 5.56 Å². The summed E-state index contributed by atoms with van der Waals surface area (Å²) < 4.78 is 0. The van der Waals surface area contributed by atoms with E-state index in [1.54, 1.807) is 11.3 Å². The van der Waals surface area contributed by atoms with E-state index in [1.807, 2.05) is 29.6 Å². The molecule has 0 saturated carbocycles. The molecular weight excluding hydrogens is 438 g/mol. The molecule has 0 bridgehead atoms. The van der Waals surface area contributed by atoms with Gasteiger partial charge in [0.05, 0.1) is 10.6 Å². The molecule has 128 valence electrons. The molecule has 23 heavy (non-hydrogen) atoms. The van der Waals surface area contributed by atoms with Gasteiger partial charge in [0.15, 0.2) is 0 Å². The molecule has 0 saturated heterocycles. The molecular formula is C17H25Br2N3S. The molecule has 0 atom stereocenters. The fourth-order valence-corrected chi connectivity index (χ4v) is 2.56. The molecule has 3 nitrogen and oxygen atoms in total. The monoisotopic (exact) mass is 461 g/mol. The van der Waals surface area contributed by atoms with Crippen molar-refractivity contribution in [3.63, 3.8) is 0 Å². The lowest BCUT2D eigenvalue weighted by Crippen LogP contribution is -2.37. The van der Waals surface area contributed by atoms with E-state index in [4.69, 9.17) is 5.73 Å². The number of nitrogens with one attached hydrogen (secondary N) is 1. The Labute approximate surface area is 163 Å². The summed E-state index contributed by atoms with van der Waals surface area (Å²) in [5.41, 5.74) is 8.36. The maximum absolute atomic E-state index is 5.99. The van der Waals surface area contributed by atoms with Crippen molar-refractivity contribution in [2.75, 3.05) is 6.54 Å². The number of aliphatic imine (C=N–C) groups is 1. The predicted molar refractivity (Wildman–Crippen MR) is 113 cm³/mol. The highest BCUT2D eigenvalue weighted by atomic mass is 79.9. The van der Waals surface area contributed by atoms with Crippen molar-refractivity contribution in [1.82, 2.24) is 5.32 Å². The summed E-state index contributed by atoms with van der Waals surface area (Å²) in [6.07, 6.45) is 1.02. The Morgan fingerprint density at radius 1 is 1.13 bits per heavy atom. The fraction of sp³-hybridized carbons (Fsp3) is 0.353. The Balaban J connectivity index is 0.00000242. The maximum atomic E-state index is 5.99. The van der Waals surface area contributed by atoms with Gasteiger partial charge >= 0.3 is 0 Å². The number of benzene rings is 1. The van der Waals surface area contributed by atoms with Crippen LogP contribution in [-0.2, 0) is 6.42 Å². The van der Waals surface area contributed by atoms with Crippen LogP contribution in [0.2, 0.25) is 0 Å². The van der Waals surface area contributed by atoms with Gasteiger partial charge in [0, 0.05) is 5.54 Å². The Bertz CT molecular complexity index is 587. The molecule has 0 aliphatic carbocycles. The number of rotatable bonds is 5. The van der Waals surface area contributed by atoms with Crippen LogP contribution in [0.15, 0.2) is 46.8 Å². The minimum Gasteiger partial charge on any atom is -0.383 e. The van der Waals surface area contributed by atoms with Crippen LogP contribution >= 0.6 is 45.3 Å². The summed E-state index contributed by atoms with van der Waals surface area (Å²) in [6, 6.07) is 12.2. The summed E-state index contributed by atoms with van der Waals surface area (Å²) in [5.74, 6) is 0.576. The van der Waals surface area contributed by atoms with Crippen LogP contribution in [0.5, 0.6) is 0 Å². The zero-order valence-corrected chi connectivity index (χ0v) is 17.9. The van der Waals surface area contributed by atoms with Crippen molar-refractivity contribution in [3.05, 3.63) is 52.2 Å². The number of nitrogens with zero attached hydrogens (tertiary/aromatic N) is 1. The van der Waals surface area contributed by atoms with E-state index in [0.29, 0.717) is 5.84 Å². The first kappa shape index (κ1) is 22.3. The van der Waals surface area contributed by atoms with Crippen molar-refractivity contribution >= 4 is 56.8 Å². The van der Waals surface area contributed by atoms with Gasteiger partial charge < -0.3 is 11.1 Å². The van der Waals surface area contributed by atoms with Crippen molar-refractivity contribution in [2.24, 2.45) is 10.7 Å². The second-order valence-corrected chi connectivity index (χ2v) is 7.02. The largest absolute Gasteiger partial charge is 0.383 e. The van der Waals surface area contributed by atoms with E-state index < -0.39 is 0 Å². The third-order valence-electron chi connectivity index (χ3n) is 3.03. The van der Waals surface area contributed by atoms with Crippen LogP contribution in [0.25, 0.3) is 0 Å². The second-order valence-electron chi connectivity index (χ2n) is 6.07. The molecule has 0 aliphatic heterocycles. The lowest BCUT2D eigenvalue weighted by molar-refractivity contribution is 0.429. The molecule has 0 aliphatic rings. The first-order valence-electron chi connectivity index (χ1n) is 7.16. The molecule has 1 heterocycles. The predicted octanol–water partition coefficient (Wildman–Crippen LogP) is 4.87. The Kier molecular flexibility index (Phi) is 9.93.